The van der Waals surface area contributed by atoms with E-state index in [0.717, 1.165) is 16.3 Å². The van der Waals surface area contributed by atoms with Crippen LogP contribution < -0.4 is 15.6 Å². The van der Waals surface area contributed by atoms with Gasteiger partial charge in [0, 0.05) is 7.05 Å². The quantitative estimate of drug-likeness (QED) is 0.640. The normalized spacial score (nSPS) is 11.1. The number of hydrogen-bond acceptors (Lipinski definition) is 5. The predicted molar refractivity (Wildman–Crippen MR) is 104 cm³/mol. The number of amides is 2. The number of hydrazine groups is 1. The van der Waals surface area contributed by atoms with E-state index in [-0.39, 0.29) is 11.5 Å². The first kappa shape index (κ1) is 21.4. The molecule has 2 aromatic rings. The average molecular weight is 405 g/mol. The summed E-state index contributed by atoms with van der Waals surface area (Å²) in [5.41, 5.74) is 5.34. The molecule has 2 aromatic carbocycles. The molecule has 2 amide bonds. The fourth-order valence-corrected chi connectivity index (χ4v) is 3.50. The topological polar surface area (TPSA) is 105 Å². The van der Waals surface area contributed by atoms with E-state index in [2.05, 4.69) is 10.9 Å². The number of sulfonamides is 1. The third kappa shape index (κ3) is 5.80. The number of aryl methyl sites for hydroxylation is 1. The molecular weight excluding hydrogens is 382 g/mol. The van der Waals surface area contributed by atoms with E-state index in [0.29, 0.717) is 5.75 Å². The maximum atomic E-state index is 12.4. The van der Waals surface area contributed by atoms with Crippen molar-refractivity contribution in [2.24, 2.45) is 0 Å². The van der Waals surface area contributed by atoms with Crippen molar-refractivity contribution in [1.82, 2.24) is 15.2 Å². The van der Waals surface area contributed by atoms with Crippen LogP contribution in [0.15, 0.2) is 59.5 Å². The van der Waals surface area contributed by atoms with Crippen molar-refractivity contribution in [2.45, 2.75) is 18.2 Å². The Balaban J connectivity index is 1.81. The summed E-state index contributed by atoms with van der Waals surface area (Å²) in [5.74, 6) is -0.641. The summed E-state index contributed by atoms with van der Waals surface area (Å²) >= 11 is 0. The lowest BCUT2D eigenvalue weighted by Gasteiger charge is -2.17. The van der Waals surface area contributed by atoms with Crippen LogP contribution in [0.2, 0.25) is 0 Å². The van der Waals surface area contributed by atoms with Crippen molar-refractivity contribution in [2.75, 3.05) is 20.2 Å². The minimum atomic E-state index is -3.79. The second-order valence-electron chi connectivity index (χ2n) is 5.92. The molecule has 9 heteroatoms. The van der Waals surface area contributed by atoms with Gasteiger partial charge in [-0.1, -0.05) is 43.3 Å². The lowest BCUT2D eigenvalue weighted by Crippen LogP contribution is -2.48. The van der Waals surface area contributed by atoms with Gasteiger partial charge in [-0.2, -0.15) is 4.31 Å². The summed E-state index contributed by atoms with van der Waals surface area (Å²) in [6.45, 7) is 1.25. The molecule has 0 fully saturated rings. The van der Waals surface area contributed by atoms with Gasteiger partial charge >= 0.3 is 0 Å². The highest BCUT2D eigenvalue weighted by Gasteiger charge is 2.22. The van der Waals surface area contributed by atoms with E-state index in [1.165, 1.54) is 19.2 Å². The summed E-state index contributed by atoms with van der Waals surface area (Å²) in [7, 11) is -2.51. The van der Waals surface area contributed by atoms with Gasteiger partial charge < -0.3 is 4.74 Å². The highest BCUT2D eigenvalue weighted by molar-refractivity contribution is 7.89. The number of nitrogens with zero attached hydrogens (tertiary/aromatic N) is 1. The largest absolute Gasteiger partial charge is 0.483 e. The first-order valence-electron chi connectivity index (χ1n) is 8.64. The van der Waals surface area contributed by atoms with E-state index in [1.807, 2.05) is 19.1 Å². The van der Waals surface area contributed by atoms with E-state index >= 15 is 0 Å². The lowest BCUT2D eigenvalue weighted by atomic mass is 10.1. The molecule has 0 aliphatic heterocycles. The molecule has 0 aliphatic carbocycles. The second-order valence-corrected chi connectivity index (χ2v) is 7.97. The molecule has 0 heterocycles. The number of likely N-dealkylation sites (N-methyl/N-ethyl adjacent to an activating group) is 1. The zero-order chi connectivity index (χ0) is 20.6. The van der Waals surface area contributed by atoms with E-state index < -0.39 is 28.4 Å². The van der Waals surface area contributed by atoms with Gasteiger partial charge in [-0.15, -0.1) is 0 Å². The fraction of sp³-hybridized carbons (Fsp3) is 0.263. The molecule has 2 N–H and O–H groups in total. The first-order valence-corrected chi connectivity index (χ1v) is 10.1. The summed E-state index contributed by atoms with van der Waals surface area (Å²) < 4.78 is 31.1. The number of hydrogen-bond donors (Lipinski definition) is 2. The molecule has 0 unspecified atom stereocenters. The van der Waals surface area contributed by atoms with Gasteiger partial charge in [0.25, 0.3) is 11.8 Å². The monoisotopic (exact) mass is 405 g/mol. The van der Waals surface area contributed by atoms with Crippen molar-refractivity contribution in [3.05, 3.63) is 60.2 Å². The molecule has 0 saturated carbocycles. The fourth-order valence-electron chi connectivity index (χ4n) is 2.35. The molecule has 0 aliphatic rings. The standard InChI is InChI=1S/C19H23N3O5S/c1-3-15-9-7-8-12-17(15)27-14-19(24)21-20-18(23)13-22(2)28(25,26)16-10-5-4-6-11-16/h4-12H,3,13-14H2,1-2H3,(H,20,23)(H,21,24). The Bertz CT molecular complexity index is 916. The van der Waals surface area contributed by atoms with Gasteiger partial charge in [0.05, 0.1) is 11.4 Å². The van der Waals surface area contributed by atoms with E-state index in [9.17, 15) is 18.0 Å². The lowest BCUT2D eigenvalue weighted by molar-refractivity contribution is -0.130. The number of carbonyl (C=O) groups is 2. The van der Waals surface area contributed by atoms with Crippen molar-refractivity contribution < 1.29 is 22.7 Å². The smallest absolute Gasteiger partial charge is 0.276 e. The molecule has 8 nitrogen and oxygen atoms in total. The van der Waals surface area contributed by atoms with E-state index in [4.69, 9.17) is 4.74 Å². The number of nitrogens with one attached hydrogen (secondary N) is 2. The molecule has 150 valence electrons. The zero-order valence-corrected chi connectivity index (χ0v) is 16.5. The Morgan fingerprint density at radius 3 is 2.25 bits per heavy atom. The van der Waals surface area contributed by atoms with Gasteiger partial charge in [-0.25, -0.2) is 8.42 Å². The Labute approximate surface area is 164 Å². The number of para-hydroxylation sites is 1. The highest BCUT2D eigenvalue weighted by atomic mass is 32.2. The highest BCUT2D eigenvalue weighted by Crippen LogP contribution is 2.18. The van der Waals surface area contributed by atoms with Crippen LogP contribution in [0, 0.1) is 0 Å². The van der Waals surface area contributed by atoms with Gasteiger partial charge in [0.1, 0.15) is 5.75 Å². The average Bonchev–Trinajstić information content (AvgIpc) is 2.71. The summed E-state index contributed by atoms with van der Waals surface area (Å²) in [6.07, 6.45) is 0.761. The van der Waals surface area contributed by atoms with Crippen LogP contribution in [-0.4, -0.2) is 44.7 Å². The number of benzene rings is 2. The molecule has 0 aromatic heterocycles. The summed E-state index contributed by atoms with van der Waals surface area (Å²) in [6, 6.07) is 15.1. The Kier molecular flexibility index (Phi) is 7.53. The molecular formula is C19H23N3O5S. The first-order chi connectivity index (χ1) is 13.3. The Morgan fingerprint density at radius 1 is 0.964 bits per heavy atom. The molecule has 0 saturated heterocycles. The zero-order valence-electron chi connectivity index (χ0n) is 15.7. The predicted octanol–water partition coefficient (Wildman–Crippen LogP) is 1.10. The van der Waals surface area contributed by atoms with Crippen LogP contribution in [0.5, 0.6) is 5.75 Å². The maximum absolute atomic E-state index is 12.4. The minimum Gasteiger partial charge on any atom is -0.483 e. The van der Waals surface area contributed by atoms with Gasteiger partial charge in [-0.05, 0) is 30.2 Å². The Hall–Kier alpha value is -2.91. The second kappa shape index (κ2) is 9.86. The molecule has 0 bridgehead atoms. The van der Waals surface area contributed by atoms with Crippen molar-refractivity contribution in [3.8, 4) is 5.75 Å². The van der Waals surface area contributed by atoms with Crippen LogP contribution in [-0.2, 0) is 26.0 Å². The van der Waals surface area contributed by atoms with Crippen LogP contribution in [0.1, 0.15) is 12.5 Å². The third-order valence-electron chi connectivity index (χ3n) is 3.87. The summed E-state index contributed by atoms with van der Waals surface area (Å²) in [5, 5.41) is 0. The van der Waals surface area contributed by atoms with Crippen LogP contribution in [0.3, 0.4) is 0 Å². The van der Waals surface area contributed by atoms with Crippen LogP contribution >= 0.6 is 0 Å². The minimum absolute atomic E-state index is 0.0809. The van der Waals surface area contributed by atoms with E-state index in [1.54, 1.807) is 30.3 Å². The Morgan fingerprint density at radius 2 is 1.57 bits per heavy atom. The molecule has 2 rings (SSSR count). The number of ether oxygens (including phenoxy) is 1. The van der Waals surface area contributed by atoms with Gasteiger partial charge in [-0.3, -0.25) is 20.4 Å². The third-order valence-corrected chi connectivity index (χ3v) is 5.69. The number of rotatable bonds is 8. The SMILES string of the molecule is CCc1ccccc1OCC(=O)NNC(=O)CN(C)S(=O)(=O)c1ccccc1. The number of carbonyl (C=O) groups excluding carboxylic acids is 2. The maximum Gasteiger partial charge on any atom is 0.276 e. The van der Waals surface area contributed by atoms with Crippen molar-refractivity contribution in [1.29, 1.82) is 0 Å². The van der Waals surface area contributed by atoms with Crippen molar-refractivity contribution in [3.63, 3.8) is 0 Å². The molecule has 28 heavy (non-hydrogen) atoms. The summed E-state index contributed by atoms with van der Waals surface area (Å²) in [4.78, 5) is 23.9. The molecule has 0 spiro atoms. The molecule has 0 radical (unpaired) electrons. The van der Waals surface area contributed by atoms with Gasteiger partial charge in [0.2, 0.25) is 10.0 Å². The van der Waals surface area contributed by atoms with Crippen LogP contribution in [0.25, 0.3) is 0 Å². The van der Waals surface area contributed by atoms with Gasteiger partial charge in [0.15, 0.2) is 6.61 Å². The van der Waals surface area contributed by atoms with Crippen molar-refractivity contribution >= 4 is 21.8 Å². The molecule has 0 atom stereocenters. The van der Waals surface area contributed by atoms with Crippen LogP contribution in [0.4, 0.5) is 0 Å².